The van der Waals surface area contributed by atoms with Crippen molar-refractivity contribution in [1.29, 1.82) is 0 Å². The second-order valence-corrected chi connectivity index (χ2v) is 3.45. The fourth-order valence-corrected chi connectivity index (χ4v) is 1.20. The van der Waals surface area contributed by atoms with Crippen LogP contribution in [0.3, 0.4) is 0 Å². The van der Waals surface area contributed by atoms with Gasteiger partial charge in [-0.3, -0.25) is 10.1 Å². The Morgan fingerprint density at radius 3 is 2.39 bits per heavy atom. The summed E-state index contributed by atoms with van der Waals surface area (Å²) >= 11 is 0. The number of nitrogens with zero attached hydrogens (tertiary/aromatic N) is 1. The first kappa shape index (κ1) is 14.4. The molecule has 18 heavy (non-hydrogen) atoms. The zero-order chi connectivity index (χ0) is 13.7. The quantitative estimate of drug-likeness (QED) is 0.583. The number of aliphatic hydroxyl groups excluding tert-OH is 2. The molecule has 1 rings (SSSR count). The molecular weight excluding hydrogens is 252 g/mol. The monoisotopic (exact) mass is 263 g/mol. The second-order valence-electron chi connectivity index (χ2n) is 3.45. The number of nitro benzene ring substituents is 1. The van der Waals surface area contributed by atoms with Gasteiger partial charge in [-0.1, -0.05) is 0 Å². The molecule has 0 heterocycles. The molecule has 1 aromatic rings. The minimum atomic E-state index is -1.28. The molecule has 0 spiro atoms. The Bertz CT molecular complexity index is 437. The van der Waals surface area contributed by atoms with E-state index in [4.69, 9.17) is 14.9 Å². The van der Waals surface area contributed by atoms with Crippen molar-refractivity contribution in [3.63, 3.8) is 0 Å². The third kappa shape index (κ3) is 3.42. The van der Waals surface area contributed by atoms with Gasteiger partial charge in [-0.25, -0.2) is 4.39 Å². The van der Waals surface area contributed by atoms with Crippen LogP contribution in [0.1, 0.15) is 5.56 Å². The van der Waals surface area contributed by atoms with Crippen LogP contribution in [-0.2, 0) is 11.3 Å². The van der Waals surface area contributed by atoms with Gasteiger partial charge in [-0.05, 0) is 0 Å². The Morgan fingerprint density at radius 1 is 1.28 bits per heavy atom. The third-order valence-electron chi connectivity index (χ3n) is 2.19. The Labute approximate surface area is 101 Å². The maximum atomic E-state index is 13.3. The predicted molar refractivity (Wildman–Crippen MR) is 55.8 cm³/mol. The minimum absolute atomic E-state index is 0.227. The van der Waals surface area contributed by atoms with E-state index >= 15 is 0 Å². The van der Waals surface area contributed by atoms with E-state index in [2.05, 4.69) is 0 Å². The molecule has 0 atom stereocenters. The molecule has 6 nitrogen and oxygen atoms in total. The molecule has 0 bridgehead atoms. The van der Waals surface area contributed by atoms with Crippen molar-refractivity contribution in [2.45, 2.75) is 12.7 Å². The van der Waals surface area contributed by atoms with Gasteiger partial charge in [-0.2, -0.15) is 4.39 Å². The van der Waals surface area contributed by atoms with Crippen molar-refractivity contribution in [2.24, 2.45) is 0 Å². The van der Waals surface area contributed by atoms with Gasteiger partial charge in [0.25, 0.3) is 0 Å². The van der Waals surface area contributed by atoms with Gasteiger partial charge in [0.1, 0.15) is 11.9 Å². The Morgan fingerprint density at radius 2 is 1.89 bits per heavy atom. The van der Waals surface area contributed by atoms with E-state index in [0.717, 1.165) is 6.07 Å². The SMILES string of the molecule is O=[N+]([O-])c1cc(COC(CO)CO)c(F)cc1F. The first-order valence-corrected chi connectivity index (χ1v) is 4.95. The van der Waals surface area contributed by atoms with Crippen LogP contribution in [-0.4, -0.2) is 34.5 Å². The predicted octanol–water partition coefficient (Wildman–Crippen LogP) is 0.743. The van der Waals surface area contributed by atoms with Crippen LogP contribution in [0.5, 0.6) is 0 Å². The Balaban J connectivity index is 2.88. The van der Waals surface area contributed by atoms with Gasteiger partial charge in [0.15, 0.2) is 0 Å². The number of halogens is 2. The summed E-state index contributed by atoms with van der Waals surface area (Å²) in [6.45, 7) is -1.39. The number of rotatable bonds is 6. The van der Waals surface area contributed by atoms with Crippen LogP contribution in [0.4, 0.5) is 14.5 Å². The molecule has 0 saturated heterocycles. The van der Waals surface area contributed by atoms with E-state index < -0.39 is 48.2 Å². The van der Waals surface area contributed by atoms with Crippen molar-refractivity contribution in [1.82, 2.24) is 0 Å². The van der Waals surface area contributed by atoms with Gasteiger partial charge >= 0.3 is 5.69 Å². The molecule has 0 aromatic heterocycles. The first-order chi connectivity index (χ1) is 8.49. The van der Waals surface area contributed by atoms with Crippen LogP contribution in [0.2, 0.25) is 0 Å². The molecule has 0 aliphatic heterocycles. The lowest BCUT2D eigenvalue weighted by molar-refractivity contribution is -0.387. The Kier molecular flexibility index (Phi) is 5.08. The highest BCUT2D eigenvalue weighted by atomic mass is 19.1. The summed E-state index contributed by atoms with van der Waals surface area (Å²) in [6.07, 6.45) is -0.923. The lowest BCUT2D eigenvalue weighted by atomic mass is 10.2. The molecule has 0 fully saturated rings. The summed E-state index contributed by atoms with van der Waals surface area (Å²) in [5.41, 5.74) is -1.09. The second kappa shape index (κ2) is 6.34. The van der Waals surface area contributed by atoms with Gasteiger partial charge in [0, 0.05) is 17.7 Å². The fourth-order valence-electron chi connectivity index (χ4n) is 1.20. The number of hydrogen-bond acceptors (Lipinski definition) is 5. The van der Waals surface area contributed by atoms with Crippen LogP contribution >= 0.6 is 0 Å². The van der Waals surface area contributed by atoms with Crippen molar-refractivity contribution >= 4 is 5.69 Å². The highest BCUT2D eigenvalue weighted by Gasteiger charge is 2.19. The zero-order valence-corrected chi connectivity index (χ0v) is 9.18. The zero-order valence-electron chi connectivity index (χ0n) is 9.18. The Hall–Kier alpha value is -1.64. The van der Waals surface area contributed by atoms with Crippen LogP contribution < -0.4 is 0 Å². The topological polar surface area (TPSA) is 92.8 Å². The van der Waals surface area contributed by atoms with E-state index in [1.807, 2.05) is 0 Å². The molecular formula is C10H11F2NO5. The van der Waals surface area contributed by atoms with Crippen LogP contribution in [0.25, 0.3) is 0 Å². The normalized spacial score (nSPS) is 10.9. The van der Waals surface area contributed by atoms with Crippen molar-refractivity contribution < 1.29 is 28.7 Å². The number of nitro groups is 1. The molecule has 0 amide bonds. The van der Waals surface area contributed by atoms with Gasteiger partial charge in [0.05, 0.1) is 24.7 Å². The molecule has 100 valence electrons. The van der Waals surface area contributed by atoms with Crippen molar-refractivity contribution in [2.75, 3.05) is 13.2 Å². The molecule has 1 aromatic carbocycles. The first-order valence-electron chi connectivity index (χ1n) is 4.95. The summed E-state index contributed by atoms with van der Waals surface area (Å²) in [5.74, 6) is -2.27. The lowest BCUT2D eigenvalue weighted by Gasteiger charge is -2.12. The number of ether oxygens (including phenoxy) is 1. The summed E-state index contributed by atoms with van der Waals surface area (Å²) in [6, 6.07) is 1.11. The molecule has 8 heteroatoms. The van der Waals surface area contributed by atoms with Gasteiger partial charge in [0.2, 0.25) is 5.82 Å². The molecule has 0 radical (unpaired) electrons. The maximum absolute atomic E-state index is 13.3. The van der Waals surface area contributed by atoms with E-state index in [1.165, 1.54) is 0 Å². The largest absolute Gasteiger partial charge is 0.394 e. The van der Waals surface area contributed by atoms with Crippen molar-refractivity contribution in [3.8, 4) is 0 Å². The lowest BCUT2D eigenvalue weighted by Crippen LogP contribution is -2.22. The number of hydrogen-bond donors (Lipinski definition) is 2. The van der Waals surface area contributed by atoms with Crippen molar-refractivity contribution in [3.05, 3.63) is 39.4 Å². The molecule has 0 unspecified atom stereocenters. The molecule has 0 aliphatic rings. The maximum Gasteiger partial charge on any atom is 0.305 e. The highest BCUT2D eigenvalue weighted by Crippen LogP contribution is 2.22. The fraction of sp³-hybridized carbons (Fsp3) is 0.400. The summed E-state index contributed by atoms with van der Waals surface area (Å²) in [7, 11) is 0. The van der Waals surface area contributed by atoms with E-state index in [-0.39, 0.29) is 5.56 Å². The van der Waals surface area contributed by atoms with Gasteiger partial charge in [-0.15, -0.1) is 0 Å². The number of benzene rings is 1. The molecule has 2 N–H and O–H groups in total. The highest BCUT2D eigenvalue weighted by molar-refractivity contribution is 5.36. The van der Waals surface area contributed by atoms with Gasteiger partial charge < -0.3 is 14.9 Å². The summed E-state index contributed by atoms with van der Waals surface area (Å²) < 4.78 is 31.2. The van der Waals surface area contributed by atoms with Crippen LogP contribution in [0.15, 0.2) is 12.1 Å². The summed E-state index contributed by atoms with van der Waals surface area (Å²) in [5, 5.41) is 27.9. The average molecular weight is 263 g/mol. The third-order valence-corrected chi connectivity index (χ3v) is 2.19. The average Bonchev–Trinajstić information content (AvgIpc) is 2.32. The molecule has 0 aliphatic carbocycles. The standard InChI is InChI=1S/C10H11F2NO5/c11-8-2-9(12)10(13(16)17)1-6(8)5-18-7(3-14)4-15/h1-2,7,14-15H,3-5H2. The smallest absolute Gasteiger partial charge is 0.305 e. The van der Waals surface area contributed by atoms with Crippen LogP contribution in [0, 0.1) is 21.7 Å². The summed E-state index contributed by atoms with van der Waals surface area (Å²) in [4.78, 5) is 9.48. The van der Waals surface area contributed by atoms with E-state index in [0.29, 0.717) is 6.07 Å². The van der Waals surface area contributed by atoms with E-state index in [1.54, 1.807) is 0 Å². The van der Waals surface area contributed by atoms with E-state index in [9.17, 15) is 18.9 Å². The number of aliphatic hydroxyl groups is 2. The molecule has 0 saturated carbocycles. The minimum Gasteiger partial charge on any atom is -0.394 e.